The van der Waals surface area contributed by atoms with Crippen LogP contribution in [0.4, 0.5) is 0 Å². The van der Waals surface area contributed by atoms with Crippen LogP contribution in [-0.2, 0) is 0 Å². The van der Waals surface area contributed by atoms with Crippen LogP contribution < -0.4 is 5.32 Å². The van der Waals surface area contributed by atoms with Gasteiger partial charge in [-0.05, 0) is 30.8 Å². The molecule has 1 aromatic heterocycles. The summed E-state index contributed by atoms with van der Waals surface area (Å²) in [6.07, 6.45) is -1.71. The summed E-state index contributed by atoms with van der Waals surface area (Å²) in [7, 11) is 1.75. The third-order valence-corrected chi connectivity index (χ3v) is 3.65. The summed E-state index contributed by atoms with van der Waals surface area (Å²) in [6.45, 7) is 0.354. The summed E-state index contributed by atoms with van der Waals surface area (Å²) in [5.41, 5.74) is 2.83. The van der Waals surface area contributed by atoms with Crippen LogP contribution in [0.2, 0.25) is 0 Å². The van der Waals surface area contributed by atoms with E-state index in [1.165, 1.54) is 0 Å². The molecular formula is C16H18N2O2. The number of aromatic amines is 1. The van der Waals surface area contributed by atoms with E-state index < -0.39 is 12.2 Å². The molecular weight excluding hydrogens is 252 g/mol. The van der Waals surface area contributed by atoms with Crippen LogP contribution in [-0.4, -0.2) is 34.9 Å². The highest BCUT2D eigenvalue weighted by molar-refractivity contribution is 6.07. The Morgan fingerprint density at radius 2 is 1.80 bits per heavy atom. The van der Waals surface area contributed by atoms with Gasteiger partial charge in [-0.1, -0.05) is 24.3 Å². The fraction of sp³-hybridized carbons (Fsp3) is 0.250. The van der Waals surface area contributed by atoms with Crippen molar-refractivity contribution < 1.29 is 10.2 Å². The van der Waals surface area contributed by atoms with Crippen LogP contribution in [0.15, 0.2) is 42.5 Å². The summed E-state index contributed by atoms with van der Waals surface area (Å²) in [5, 5.41) is 25.1. The summed E-state index contributed by atoms with van der Waals surface area (Å²) in [4.78, 5) is 3.34. The van der Waals surface area contributed by atoms with Gasteiger partial charge in [0.2, 0.25) is 0 Å². The molecule has 0 aliphatic rings. The first-order valence-corrected chi connectivity index (χ1v) is 6.72. The third kappa shape index (κ3) is 2.18. The monoisotopic (exact) mass is 270 g/mol. The summed E-state index contributed by atoms with van der Waals surface area (Å²) in [5.74, 6) is 0. The van der Waals surface area contributed by atoms with Crippen molar-refractivity contribution >= 4 is 21.8 Å². The van der Waals surface area contributed by atoms with E-state index in [9.17, 15) is 10.2 Å². The molecule has 2 aromatic carbocycles. The quantitative estimate of drug-likeness (QED) is 0.585. The highest BCUT2D eigenvalue weighted by Crippen LogP contribution is 2.28. The number of aromatic nitrogens is 1. The van der Waals surface area contributed by atoms with E-state index in [0.717, 1.165) is 27.4 Å². The van der Waals surface area contributed by atoms with Gasteiger partial charge in [0, 0.05) is 28.4 Å². The van der Waals surface area contributed by atoms with E-state index in [4.69, 9.17) is 0 Å². The van der Waals surface area contributed by atoms with Gasteiger partial charge in [-0.15, -0.1) is 0 Å². The Kier molecular flexibility index (Phi) is 3.44. The zero-order valence-corrected chi connectivity index (χ0v) is 11.3. The minimum absolute atomic E-state index is 0.354. The number of aliphatic hydroxyl groups is 2. The molecule has 1 heterocycles. The van der Waals surface area contributed by atoms with Crippen molar-refractivity contribution in [3.8, 4) is 0 Å². The maximum Gasteiger partial charge on any atom is 0.106 e. The van der Waals surface area contributed by atoms with Gasteiger partial charge in [0.25, 0.3) is 0 Å². The first kappa shape index (κ1) is 13.1. The predicted molar refractivity (Wildman–Crippen MR) is 80.7 cm³/mol. The SMILES string of the molecule is CNCC(O)C(O)c1ccc2[nH]c3ccccc3c2c1. The minimum atomic E-state index is -0.888. The maximum atomic E-state index is 10.2. The lowest BCUT2D eigenvalue weighted by atomic mass is 10.0. The molecule has 0 radical (unpaired) electrons. The Balaban J connectivity index is 2.07. The molecule has 2 unspecified atom stereocenters. The lowest BCUT2D eigenvalue weighted by Crippen LogP contribution is -2.29. The zero-order valence-electron chi connectivity index (χ0n) is 11.3. The lowest BCUT2D eigenvalue weighted by molar-refractivity contribution is 0.0203. The van der Waals surface area contributed by atoms with E-state index in [2.05, 4.69) is 10.3 Å². The molecule has 4 heteroatoms. The molecule has 0 aliphatic heterocycles. The molecule has 3 rings (SSSR count). The molecule has 0 bridgehead atoms. The largest absolute Gasteiger partial charge is 0.389 e. The molecule has 3 aromatic rings. The Bertz CT molecular complexity index is 736. The highest BCUT2D eigenvalue weighted by Gasteiger charge is 2.18. The Morgan fingerprint density at radius 1 is 1.05 bits per heavy atom. The average Bonchev–Trinajstić information content (AvgIpc) is 2.84. The molecule has 0 amide bonds. The number of aliphatic hydroxyl groups excluding tert-OH is 2. The second kappa shape index (κ2) is 5.25. The van der Waals surface area contributed by atoms with Crippen molar-refractivity contribution in [2.45, 2.75) is 12.2 Å². The third-order valence-electron chi connectivity index (χ3n) is 3.65. The van der Waals surface area contributed by atoms with Crippen LogP contribution in [0.1, 0.15) is 11.7 Å². The van der Waals surface area contributed by atoms with Crippen LogP contribution >= 0.6 is 0 Å². The Labute approximate surface area is 117 Å². The van der Waals surface area contributed by atoms with Gasteiger partial charge in [-0.3, -0.25) is 0 Å². The van der Waals surface area contributed by atoms with Crippen molar-refractivity contribution in [1.82, 2.24) is 10.3 Å². The second-order valence-electron chi connectivity index (χ2n) is 5.05. The van der Waals surface area contributed by atoms with Crippen molar-refractivity contribution in [3.63, 3.8) is 0 Å². The molecule has 4 N–H and O–H groups in total. The number of para-hydroxylation sites is 1. The fourth-order valence-corrected chi connectivity index (χ4v) is 2.59. The molecule has 20 heavy (non-hydrogen) atoms. The fourth-order valence-electron chi connectivity index (χ4n) is 2.59. The van der Waals surface area contributed by atoms with Crippen molar-refractivity contribution in [2.24, 2.45) is 0 Å². The van der Waals surface area contributed by atoms with Gasteiger partial charge >= 0.3 is 0 Å². The number of H-pyrrole nitrogens is 1. The van der Waals surface area contributed by atoms with Crippen LogP contribution in [0.25, 0.3) is 21.8 Å². The van der Waals surface area contributed by atoms with Crippen molar-refractivity contribution in [1.29, 1.82) is 0 Å². The Hall–Kier alpha value is -1.88. The average molecular weight is 270 g/mol. The van der Waals surface area contributed by atoms with Crippen molar-refractivity contribution in [3.05, 3.63) is 48.0 Å². The maximum absolute atomic E-state index is 10.2. The first-order chi connectivity index (χ1) is 9.70. The number of rotatable bonds is 4. The molecule has 4 nitrogen and oxygen atoms in total. The van der Waals surface area contributed by atoms with Crippen LogP contribution in [0.5, 0.6) is 0 Å². The number of hydrogen-bond donors (Lipinski definition) is 4. The minimum Gasteiger partial charge on any atom is -0.389 e. The summed E-state index contributed by atoms with van der Waals surface area (Å²) in [6, 6.07) is 13.8. The number of benzene rings is 2. The molecule has 2 atom stereocenters. The van der Waals surface area contributed by atoms with Gasteiger partial charge < -0.3 is 20.5 Å². The number of nitrogens with one attached hydrogen (secondary N) is 2. The lowest BCUT2D eigenvalue weighted by Gasteiger charge is -2.17. The highest BCUT2D eigenvalue weighted by atomic mass is 16.3. The normalized spacial score (nSPS) is 14.8. The number of fused-ring (bicyclic) bond motifs is 3. The van der Waals surface area contributed by atoms with Crippen LogP contribution in [0.3, 0.4) is 0 Å². The van der Waals surface area contributed by atoms with E-state index in [1.807, 2.05) is 42.5 Å². The van der Waals surface area contributed by atoms with Crippen molar-refractivity contribution in [2.75, 3.05) is 13.6 Å². The molecule has 0 aliphatic carbocycles. The van der Waals surface area contributed by atoms with Gasteiger partial charge in [-0.25, -0.2) is 0 Å². The van der Waals surface area contributed by atoms with Crippen LogP contribution in [0, 0.1) is 0 Å². The molecule has 0 spiro atoms. The van der Waals surface area contributed by atoms with E-state index in [0.29, 0.717) is 6.54 Å². The van der Waals surface area contributed by atoms with Gasteiger partial charge in [0.05, 0.1) is 6.10 Å². The summed E-state index contributed by atoms with van der Waals surface area (Å²) < 4.78 is 0. The zero-order chi connectivity index (χ0) is 14.1. The van der Waals surface area contributed by atoms with Gasteiger partial charge in [0.1, 0.15) is 6.10 Å². The second-order valence-corrected chi connectivity index (χ2v) is 5.05. The predicted octanol–water partition coefficient (Wildman–Crippen LogP) is 1.93. The molecule has 0 saturated heterocycles. The Morgan fingerprint density at radius 3 is 2.60 bits per heavy atom. The van der Waals surface area contributed by atoms with E-state index >= 15 is 0 Å². The van der Waals surface area contributed by atoms with E-state index in [-0.39, 0.29) is 0 Å². The first-order valence-electron chi connectivity index (χ1n) is 6.72. The number of likely N-dealkylation sites (N-methyl/N-ethyl adjacent to an activating group) is 1. The topological polar surface area (TPSA) is 68.3 Å². The molecule has 0 fully saturated rings. The van der Waals surface area contributed by atoms with Gasteiger partial charge in [-0.2, -0.15) is 0 Å². The molecule has 104 valence electrons. The van der Waals surface area contributed by atoms with Gasteiger partial charge in [0.15, 0.2) is 0 Å². The summed E-state index contributed by atoms with van der Waals surface area (Å²) >= 11 is 0. The smallest absolute Gasteiger partial charge is 0.106 e. The van der Waals surface area contributed by atoms with E-state index in [1.54, 1.807) is 7.05 Å². The standard InChI is InChI=1S/C16H18N2O2/c1-17-9-15(19)16(20)10-6-7-14-12(8-10)11-4-2-3-5-13(11)18-14/h2-8,15-20H,9H2,1H3. The molecule has 0 saturated carbocycles. The number of hydrogen-bond acceptors (Lipinski definition) is 3.